The first-order valence-corrected chi connectivity index (χ1v) is 7.51. The Morgan fingerprint density at radius 1 is 1.32 bits per heavy atom. The molecule has 0 aliphatic rings. The van der Waals surface area contributed by atoms with Crippen LogP contribution in [0.15, 0.2) is 24.3 Å². The molecule has 22 heavy (non-hydrogen) atoms. The molecule has 2 rings (SSSR count). The van der Waals surface area contributed by atoms with Crippen LogP contribution >= 0.6 is 0 Å². The number of nitrogens with zero attached hydrogens (tertiary/aromatic N) is 2. The van der Waals surface area contributed by atoms with E-state index in [-0.39, 0.29) is 11.2 Å². The van der Waals surface area contributed by atoms with Crippen LogP contribution in [0.3, 0.4) is 0 Å². The molecule has 5 heteroatoms. The molecule has 1 heterocycles. The van der Waals surface area contributed by atoms with Crippen molar-refractivity contribution >= 4 is 0 Å². The van der Waals surface area contributed by atoms with Crippen LogP contribution in [0.2, 0.25) is 0 Å². The van der Waals surface area contributed by atoms with E-state index in [1.54, 1.807) is 17.9 Å². The van der Waals surface area contributed by atoms with Gasteiger partial charge in [0.25, 0.3) is 0 Å². The normalized spacial score (nSPS) is 11.7. The van der Waals surface area contributed by atoms with E-state index in [4.69, 9.17) is 15.6 Å². The maximum atomic E-state index is 13.5. The molecule has 0 bridgehead atoms. The number of methoxy groups -OCH3 is 1. The van der Waals surface area contributed by atoms with Crippen LogP contribution in [0.4, 0.5) is 4.39 Å². The Hall–Kier alpha value is -1.88. The van der Waals surface area contributed by atoms with Crippen molar-refractivity contribution in [2.45, 2.75) is 39.0 Å². The van der Waals surface area contributed by atoms with Crippen LogP contribution < -0.4 is 10.5 Å². The molecule has 0 unspecified atom stereocenters. The Morgan fingerprint density at radius 2 is 2.05 bits per heavy atom. The lowest BCUT2D eigenvalue weighted by molar-refractivity contribution is 0.378. The number of ether oxygens (including phenoxy) is 1. The molecule has 1 aromatic heterocycles. The van der Waals surface area contributed by atoms with Crippen molar-refractivity contribution in [2.75, 3.05) is 13.7 Å². The number of benzene rings is 1. The zero-order valence-electron chi connectivity index (χ0n) is 13.7. The van der Waals surface area contributed by atoms with Crippen molar-refractivity contribution in [2.24, 2.45) is 5.73 Å². The van der Waals surface area contributed by atoms with E-state index in [1.807, 2.05) is 6.07 Å². The molecule has 0 amide bonds. The van der Waals surface area contributed by atoms with Gasteiger partial charge in [-0.15, -0.1) is 0 Å². The summed E-state index contributed by atoms with van der Waals surface area (Å²) in [5.41, 5.74) is 8.18. The molecule has 1 aromatic carbocycles. The van der Waals surface area contributed by atoms with Gasteiger partial charge in [-0.2, -0.15) is 5.10 Å². The van der Waals surface area contributed by atoms with E-state index in [2.05, 4.69) is 20.8 Å². The highest BCUT2D eigenvalue weighted by Crippen LogP contribution is 2.34. The van der Waals surface area contributed by atoms with Crippen LogP contribution in [0, 0.1) is 5.82 Å². The van der Waals surface area contributed by atoms with Crippen LogP contribution in [-0.4, -0.2) is 23.4 Å². The standard InChI is InChI=1S/C17H24FN3O/c1-17(2,3)15-14(9-6-10-19)16(22-4)21(20-15)13-8-5-7-12(18)11-13/h5,7-8,11H,6,9-10,19H2,1-4H3. The highest BCUT2D eigenvalue weighted by molar-refractivity contribution is 5.43. The molecule has 0 fully saturated rings. The van der Waals surface area contributed by atoms with Crippen molar-refractivity contribution in [1.82, 2.24) is 9.78 Å². The molecule has 2 aromatic rings. The summed E-state index contributed by atoms with van der Waals surface area (Å²) in [6, 6.07) is 6.36. The van der Waals surface area contributed by atoms with Crippen molar-refractivity contribution < 1.29 is 9.13 Å². The first-order valence-electron chi connectivity index (χ1n) is 7.51. The van der Waals surface area contributed by atoms with Crippen LogP contribution in [0.5, 0.6) is 5.88 Å². The third-order valence-corrected chi connectivity index (χ3v) is 3.52. The fraction of sp³-hybridized carbons (Fsp3) is 0.471. The lowest BCUT2D eigenvalue weighted by Gasteiger charge is -2.17. The highest BCUT2D eigenvalue weighted by Gasteiger charge is 2.27. The van der Waals surface area contributed by atoms with Gasteiger partial charge in [0.1, 0.15) is 5.82 Å². The van der Waals surface area contributed by atoms with E-state index < -0.39 is 0 Å². The lowest BCUT2D eigenvalue weighted by atomic mass is 9.88. The minimum absolute atomic E-state index is 0.129. The van der Waals surface area contributed by atoms with Gasteiger partial charge in [-0.05, 0) is 37.6 Å². The first kappa shape index (κ1) is 16.5. The fourth-order valence-corrected chi connectivity index (χ4v) is 2.53. The number of aromatic nitrogens is 2. The topological polar surface area (TPSA) is 53.1 Å². The third kappa shape index (κ3) is 3.30. The predicted octanol–water partition coefficient (Wildman–Crippen LogP) is 3.21. The molecule has 0 atom stereocenters. The van der Waals surface area contributed by atoms with Gasteiger partial charge in [0.15, 0.2) is 0 Å². The summed E-state index contributed by atoms with van der Waals surface area (Å²) < 4.78 is 20.8. The predicted molar refractivity (Wildman–Crippen MR) is 86.1 cm³/mol. The highest BCUT2D eigenvalue weighted by atomic mass is 19.1. The molecule has 120 valence electrons. The van der Waals surface area contributed by atoms with Crippen molar-refractivity contribution in [3.8, 4) is 11.6 Å². The molecular weight excluding hydrogens is 281 g/mol. The number of rotatable bonds is 5. The van der Waals surface area contributed by atoms with Crippen LogP contribution in [0.1, 0.15) is 38.4 Å². The molecule has 0 spiro atoms. The summed E-state index contributed by atoms with van der Waals surface area (Å²) in [6.07, 6.45) is 1.65. The fourth-order valence-electron chi connectivity index (χ4n) is 2.53. The molecule has 4 nitrogen and oxygen atoms in total. The smallest absolute Gasteiger partial charge is 0.219 e. The van der Waals surface area contributed by atoms with Gasteiger partial charge < -0.3 is 10.5 Å². The quantitative estimate of drug-likeness (QED) is 0.923. The molecule has 0 aliphatic heterocycles. The summed E-state index contributed by atoms with van der Waals surface area (Å²) >= 11 is 0. The maximum Gasteiger partial charge on any atom is 0.219 e. The van der Waals surface area contributed by atoms with Crippen molar-refractivity contribution in [1.29, 1.82) is 0 Å². The van der Waals surface area contributed by atoms with Gasteiger partial charge in [-0.25, -0.2) is 9.07 Å². The third-order valence-electron chi connectivity index (χ3n) is 3.52. The average Bonchev–Trinajstić information content (AvgIpc) is 2.83. The summed E-state index contributed by atoms with van der Waals surface area (Å²) in [6.45, 7) is 6.93. The Kier molecular flexibility index (Phi) is 4.86. The molecular formula is C17H24FN3O. The van der Waals surface area contributed by atoms with Crippen molar-refractivity contribution in [3.63, 3.8) is 0 Å². The SMILES string of the molecule is COc1c(CCCN)c(C(C)(C)C)nn1-c1cccc(F)c1. The minimum Gasteiger partial charge on any atom is -0.481 e. The Balaban J connectivity index is 2.62. The molecule has 0 aliphatic carbocycles. The summed E-state index contributed by atoms with van der Waals surface area (Å²) in [4.78, 5) is 0. The zero-order valence-corrected chi connectivity index (χ0v) is 13.7. The van der Waals surface area contributed by atoms with Gasteiger partial charge in [0.2, 0.25) is 5.88 Å². The van der Waals surface area contributed by atoms with Gasteiger partial charge in [-0.3, -0.25) is 0 Å². The molecule has 0 saturated heterocycles. The van der Waals surface area contributed by atoms with E-state index in [0.717, 1.165) is 24.1 Å². The first-order chi connectivity index (χ1) is 10.4. The van der Waals surface area contributed by atoms with E-state index in [1.165, 1.54) is 12.1 Å². The number of nitrogens with two attached hydrogens (primary N) is 1. The Labute approximate surface area is 131 Å². The van der Waals surface area contributed by atoms with Gasteiger partial charge in [0, 0.05) is 11.0 Å². The van der Waals surface area contributed by atoms with E-state index in [0.29, 0.717) is 18.1 Å². The van der Waals surface area contributed by atoms with E-state index in [9.17, 15) is 4.39 Å². The monoisotopic (exact) mass is 305 g/mol. The second-order valence-corrected chi connectivity index (χ2v) is 6.37. The van der Waals surface area contributed by atoms with Gasteiger partial charge in [-0.1, -0.05) is 26.8 Å². The number of halogens is 1. The van der Waals surface area contributed by atoms with Gasteiger partial charge in [0.05, 0.1) is 18.5 Å². The van der Waals surface area contributed by atoms with Crippen molar-refractivity contribution in [3.05, 3.63) is 41.3 Å². The summed E-state index contributed by atoms with van der Waals surface area (Å²) in [7, 11) is 1.62. The number of hydrogen-bond acceptors (Lipinski definition) is 3. The maximum absolute atomic E-state index is 13.5. The summed E-state index contributed by atoms with van der Waals surface area (Å²) in [5.74, 6) is 0.361. The largest absolute Gasteiger partial charge is 0.481 e. The Morgan fingerprint density at radius 3 is 2.59 bits per heavy atom. The van der Waals surface area contributed by atoms with E-state index >= 15 is 0 Å². The average molecular weight is 305 g/mol. The second kappa shape index (κ2) is 6.48. The van der Waals surface area contributed by atoms with Crippen LogP contribution in [-0.2, 0) is 11.8 Å². The second-order valence-electron chi connectivity index (χ2n) is 6.37. The Bertz CT molecular complexity index is 644. The minimum atomic E-state index is -0.295. The molecule has 0 saturated carbocycles. The van der Waals surface area contributed by atoms with Crippen LogP contribution in [0.25, 0.3) is 5.69 Å². The lowest BCUT2D eigenvalue weighted by Crippen LogP contribution is -2.15. The molecule has 2 N–H and O–H groups in total. The number of hydrogen-bond donors (Lipinski definition) is 1. The summed E-state index contributed by atoms with van der Waals surface area (Å²) in [5, 5.41) is 4.70. The van der Waals surface area contributed by atoms with Gasteiger partial charge >= 0.3 is 0 Å². The zero-order chi connectivity index (χ0) is 16.3. The molecule has 0 radical (unpaired) electrons.